The molecule has 0 saturated carbocycles. The van der Waals surface area contributed by atoms with E-state index in [1.54, 1.807) is 12.1 Å². The van der Waals surface area contributed by atoms with Gasteiger partial charge in [-0.3, -0.25) is 4.90 Å². The molecule has 1 heterocycles. The van der Waals surface area contributed by atoms with Crippen molar-refractivity contribution in [2.45, 2.75) is 19.1 Å². The Bertz CT molecular complexity index is 422. The van der Waals surface area contributed by atoms with E-state index in [1.165, 1.54) is 0 Å². The van der Waals surface area contributed by atoms with Crippen molar-refractivity contribution >= 4 is 12.4 Å². The number of ether oxygens (including phenoxy) is 1. The molecular weight excluding hydrogens is 298 g/mol. The minimum atomic E-state index is -2.78. The van der Waals surface area contributed by atoms with Crippen LogP contribution in [0, 0.1) is 0 Å². The van der Waals surface area contributed by atoms with E-state index in [9.17, 15) is 8.78 Å². The molecule has 0 spiro atoms. The lowest BCUT2D eigenvalue weighted by Gasteiger charge is -2.34. The fourth-order valence-corrected chi connectivity index (χ4v) is 2.52. The molecule has 118 valence electrons. The van der Waals surface area contributed by atoms with E-state index in [0.29, 0.717) is 0 Å². The maximum Gasteiger partial charge on any atom is 0.387 e. The van der Waals surface area contributed by atoms with Crippen molar-refractivity contribution in [1.82, 2.24) is 10.2 Å². The van der Waals surface area contributed by atoms with Gasteiger partial charge in [-0.25, -0.2) is 0 Å². The molecule has 1 aliphatic heterocycles. The number of nitrogens with zero attached hydrogens (tertiary/aromatic N) is 1. The van der Waals surface area contributed by atoms with Gasteiger partial charge in [0.25, 0.3) is 0 Å². The van der Waals surface area contributed by atoms with Crippen LogP contribution in [0.3, 0.4) is 0 Å². The number of alkyl halides is 2. The van der Waals surface area contributed by atoms with Crippen LogP contribution in [0.25, 0.3) is 0 Å². The third kappa shape index (κ3) is 5.26. The average molecular weight is 319 g/mol. The Kier molecular flexibility index (Phi) is 7.64. The number of piperazine rings is 1. The number of benzene rings is 1. The largest absolute Gasteiger partial charge is 0.435 e. The Morgan fingerprint density at radius 2 is 1.86 bits per heavy atom. The van der Waals surface area contributed by atoms with Crippen LogP contribution < -0.4 is 10.1 Å². The van der Waals surface area contributed by atoms with Gasteiger partial charge in [0, 0.05) is 32.2 Å². The van der Waals surface area contributed by atoms with Crippen molar-refractivity contribution in [3.8, 4) is 5.75 Å². The van der Waals surface area contributed by atoms with Crippen LogP contribution >= 0.6 is 12.4 Å². The van der Waals surface area contributed by atoms with Gasteiger partial charge in [-0.05, 0) is 24.1 Å². The van der Waals surface area contributed by atoms with Gasteiger partial charge in [-0.15, -0.1) is 19.0 Å². The smallest absolute Gasteiger partial charge is 0.387 e. The van der Waals surface area contributed by atoms with Crippen molar-refractivity contribution in [2.24, 2.45) is 0 Å². The lowest BCUT2D eigenvalue weighted by molar-refractivity contribution is -0.0498. The molecule has 0 bridgehead atoms. The average Bonchev–Trinajstić information content (AvgIpc) is 2.46. The van der Waals surface area contributed by atoms with E-state index >= 15 is 0 Å². The molecule has 21 heavy (non-hydrogen) atoms. The fraction of sp³-hybridized carbons (Fsp3) is 0.467. The molecule has 1 fully saturated rings. The summed E-state index contributed by atoms with van der Waals surface area (Å²) in [6.07, 6.45) is 2.74. The van der Waals surface area contributed by atoms with Crippen molar-refractivity contribution in [3.63, 3.8) is 0 Å². The molecule has 1 saturated heterocycles. The Morgan fingerprint density at radius 3 is 2.38 bits per heavy atom. The second kappa shape index (κ2) is 8.97. The van der Waals surface area contributed by atoms with Crippen LogP contribution in [0.5, 0.6) is 5.75 Å². The van der Waals surface area contributed by atoms with Gasteiger partial charge in [0.2, 0.25) is 0 Å². The molecule has 3 nitrogen and oxygen atoms in total. The van der Waals surface area contributed by atoms with E-state index in [0.717, 1.165) is 38.2 Å². The Labute approximate surface area is 130 Å². The molecule has 6 heteroatoms. The van der Waals surface area contributed by atoms with Crippen LogP contribution in [0.15, 0.2) is 36.9 Å². The normalized spacial score (nSPS) is 17.1. The lowest BCUT2D eigenvalue weighted by atomic mass is 10.0. The van der Waals surface area contributed by atoms with Crippen molar-refractivity contribution < 1.29 is 13.5 Å². The van der Waals surface area contributed by atoms with E-state index < -0.39 is 6.61 Å². The lowest BCUT2D eigenvalue weighted by Crippen LogP contribution is -2.45. The van der Waals surface area contributed by atoms with Crippen LogP contribution in [-0.2, 0) is 0 Å². The Balaban J connectivity index is 0.00000220. The molecule has 1 aromatic rings. The van der Waals surface area contributed by atoms with E-state index in [2.05, 4.69) is 21.5 Å². The SMILES string of the molecule is C=CC[C@H](c1ccc(OC(F)F)cc1)N1CCNCC1.Cl. The molecule has 0 aliphatic carbocycles. The minimum absolute atomic E-state index is 0. The molecule has 0 radical (unpaired) electrons. The fourth-order valence-electron chi connectivity index (χ4n) is 2.52. The van der Waals surface area contributed by atoms with Crippen LogP contribution in [0.1, 0.15) is 18.0 Å². The molecule has 0 amide bonds. The number of rotatable bonds is 6. The van der Waals surface area contributed by atoms with Crippen LogP contribution in [0.2, 0.25) is 0 Å². The van der Waals surface area contributed by atoms with Gasteiger partial charge in [0.05, 0.1) is 0 Å². The summed E-state index contributed by atoms with van der Waals surface area (Å²) in [5, 5.41) is 3.32. The van der Waals surface area contributed by atoms with Crippen LogP contribution in [0.4, 0.5) is 8.78 Å². The van der Waals surface area contributed by atoms with E-state index in [-0.39, 0.29) is 24.2 Å². The molecular formula is C15H21ClF2N2O. The predicted octanol–water partition coefficient (Wildman–Crippen LogP) is 3.23. The molecule has 2 rings (SSSR count). The predicted molar refractivity (Wildman–Crippen MR) is 82.3 cm³/mol. The zero-order valence-corrected chi connectivity index (χ0v) is 12.6. The number of nitrogens with one attached hydrogen (secondary N) is 1. The minimum Gasteiger partial charge on any atom is -0.435 e. The first-order chi connectivity index (χ1) is 9.70. The van der Waals surface area contributed by atoms with Gasteiger partial charge in [0.1, 0.15) is 5.75 Å². The summed E-state index contributed by atoms with van der Waals surface area (Å²) >= 11 is 0. The summed E-state index contributed by atoms with van der Waals surface area (Å²) in [6.45, 7) is 4.94. The Morgan fingerprint density at radius 1 is 1.24 bits per heavy atom. The summed E-state index contributed by atoms with van der Waals surface area (Å²) in [6, 6.07) is 7.15. The summed E-state index contributed by atoms with van der Waals surface area (Å²) in [7, 11) is 0. The summed E-state index contributed by atoms with van der Waals surface area (Å²) in [4.78, 5) is 2.39. The zero-order valence-electron chi connectivity index (χ0n) is 11.8. The first-order valence-electron chi connectivity index (χ1n) is 6.81. The molecule has 1 aromatic carbocycles. The molecule has 1 N–H and O–H groups in total. The second-order valence-electron chi connectivity index (χ2n) is 4.77. The molecule has 1 atom stereocenters. The monoisotopic (exact) mass is 318 g/mol. The quantitative estimate of drug-likeness (QED) is 0.815. The van der Waals surface area contributed by atoms with Crippen molar-refractivity contribution in [2.75, 3.05) is 26.2 Å². The summed E-state index contributed by atoms with van der Waals surface area (Å²) in [5.41, 5.74) is 1.11. The van der Waals surface area contributed by atoms with Gasteiger partial charge in [-0.2, -0.15) is 8.78 Å². The maximum atomic E-state index is 12.1. The zero-order chi connectivity index (χ0) is 14.4. The maximum absolute atomic E-state index is 12.1. The molecule has 0 unspecified atom stereocenters. The third-order valence-corrected chi connectivity index (χ3v) is 3.47. The van der Waals surface area contributed by atoms with E-state index in [4.69, 9.17) is 0 Å². The van der Waals surface area contributed by atoms with E-state index in [1.807, 2.05) is 18.2 Å². The number of hydrogen-bond donors (Lipinski definition) is 1. The van der Waals surface area contributed by atoms with Gasteiger partial charge >= 0.3 is 6.61 Å². The highest BCUT2D eigenvalue weighted by molar-refractivity contribution is 5.85. The molecule has 0 aromatic heterocycles. The van der Waals surface area contributed by atoms with Crippen molar-refractivity contribution in [1.29, 1.82) is 0 Å². The van der Waals surface area contributed by atoms with Crippen LogP contribution in [-0.4, -0.2) is 37.7 Å². The topological polar surface area (TPSA) is 24.5 Å². The highest BCUT2D eigenvalue weighted by Crippen LogP contribution is 2.27. The van der Waals surface area contributed by atoms with Gasteiger partial charge < -0.3 is 10.1 Å². The highest BCUT2D eigenvalue weighted by atomic mass is 35.5. The van der Waals surface area contributed by atoms with Gasteiger partial charge in [0.15, 0.2) is 0 Å². The first-order valence-corrected chi connectivity index (χ1v) is 6.81. The summed E-state index contributed by atoms with van der Waals surface area (Å²) < 4.78 is 28.7. The first kappa shape index (κ1) is 17.9. The second-order valence-corrected chi connectivity index (χ2v) is 4.77. The highest BCUT2D eigenvalue weighted by Gasteiger charge is 2.21. The standard InChI is InChI=1S/C15H20F2N2O.ClH/c1-2-3-14(19-10-8-18-9-11-19)12-4-6-13(7-5-12)20-15(16)17;/h2,4-7,14-15,18H,1,3,8-11H2;1H/t14-;/m1./s1. The van der Waals surface area contributed by atoms with Crippen molar-refractivity contribution in [3.05, 3.63) is 42.5 Å². The number of halogens is 3. The third-order valence-electron chi connectivity index (χ3n) is 3.47. The van der Waals surface area contributed by atoms with Gasteiger partial charge in [-0.1, -0.05) is 18.2 Å². The number of hydrogen-bond acceptors (Lipinski definition) is 3. The summed E-state index contributed by atoms with van der Waals surface area (Å²) in [5.74, 6) is 0.196. The molecule has 1 aliphatic rings. The Hall–Kier alpha value is -1.17.